The van der Waals surface area contributed by atoms with E-state index < -0.39 is 0 Å². The van der Waals surface area contributed by atoms with E-state index in [0.717, 1.165) is 5.82 Å². The third kappa shape index (κ3) is 2.03. The zero-order chi connectivity index (χ0) is 14.5. The Morgan fingerprint density at radius 3 is 2.65 bits per heavy atom. The summed E-state index contributed by atoms with van der Waals surface area (Å²) in [6.45, 7) is 6.15. The summed E-state index contributed by atoms with van der Waals surface area (Å²) in [6, 6.07) is 4.30. The molecule has 0 saturated heterocycles. The fourth-order valence-corrected chi connectivity index (χ4v) is 2.81. The Morgan fingerprint density at radius 2 is 2.00 bits per heavy atom. The Balaban J connectivity index is 2.16. The molecule has 104 valence electrons. The van der Waals surface area contributed by atoms with Gasteiger partial charge >= 0.3 is 0 Å². The van der Waals surface area contributed by atoms with Gasteiger partial charge in [0.2, 0.25) is 4.96 Å². The minimum atomic E-state index is -0.357. The molecule has 2 N–H and O–H groups in total. The first kappa shape index (κ1) is 13.0. The molecule has 0 saturated carbocycles. The van der Waals surface area contributed by atoms with Crippen LogP contribution in [0.5, 0.6) is 0 Å². The Bertz CT molecular complexity index is 784. The molecule has 0 aliphatic carbocycles. The monoisotopic (exact) mass is 291 g/mol. The lowest BCUT2D eigenvalue weighted by molar-refractivity contribution is 0.528. The number of fused-ring (bicyclic) bond motifs is 1. The Morgan fingerprint density at radius 1 is 1.25 bits per heavy atom. The normalized spacial score (nSPS) is 12.2. The second-order valence-corrected chi connectivity index (χ2v) is 6.56. The molecule has 0 fully saturated rings. The minimum Gasteiger partial charge on any atom is -0.398 e. The summed E-state index contributed by atoms with van der Waals surface area (Å²) >= 11 is 1.38. The van der Waals surface area contributed by atoms with E-state index >= 15 is 0 Å². The van der Waals surface area contributed by atoms with Crippen molar-refractivity contribution in [1.29, 1.82) is 0 Å². The van der Waals surface area contributed by atoms with Crippen molar-refractivity contribution in [3.05, 3.63) is 29.8 Å². The van der Waals surface area contributed by atoms with Gasteiger partial charge in [-0.25, -0.2) is 4.39 Å². The zero-order valence-corrected chi connectivity index (χ0v) is 12.2. The zero-order valence-electron chi connectivity index (χ0n) is 11.4. The van der Waals surface area contributed by atoms with Gasteiger partial charge in [0.05, 0.1) is 0 Å². The van der Waals surface area contributed by atoms with E-state index in [1.807, 2.05) is 0 Å². The number of rotatable bonds is 1. The van der Waals surface area contributed by atoms with E-state index in [1.54, 1.807) is 10.6 Å². The molecule has 5 nitrogen and oxygen atoms in total. The van der Waals surface area contributed by atoms with E-state index in [9.17, 15) is 4.39 Å². The summed E-state index contributed by atoms with van der Waals surface area (Å²) in [5, 5.41) is 13.5. The number of hydrogen-bond donors (Lipinski definition) is 1. The summed E-state index contributed by atoms with van der Waals surface area (Å²) in [5.41, 5.74) is 6.77. The molecule has 1 aromatic carbocycles. The van der Waals surface area contributed by atoms with Crippen LogP contribution in [0.1, 0.15) is 26.6 Å². The maximum absolute atomic E-state index is 13.1. The second-order valence-electron chi connectivity index (χ2n) is 5.61. The highest BCUT2D eigenvalue weighted by atomic mass is 32.1. The number of nitrogens with two attached hydrogens (primary N) is 1. The van der Waals surface area contributed by atoms with E-state index in [1.165, 1.54) is 23.5 Å². The molecule has 2 heterocycles. The molecule has 0 aliphatic rings. The van der Waals surface area contributed by atoms with E-state index in [-0.39, 0.29) is 11.2 Å². The van der Waals surface area contributed by atoms with Gasteiger partial charge in [0.15, 0.2) is 5.82 Å². The first-order valence-corrected chi connectivity index (χ1v) is 6.96. The summed E-state index contributed by atoms with van der Waals surface area (Å²) in [7, 11) is 0. The molecule has 20 heavy (non-hydrogen) atoms. The molecule has 0 radical (unpaired) electrons. The van der Waals surface area contributed by atoms with Crippen molar-refractivity contribution in [3.8, 4) is 10.6 Å². The van der Waals surface area contributed by atoms with Crippen LogP contribution >= 0.6 is 11.3 Å². The van der Waals surface area contributed by atoms with Crippen LogP contribution in [-0.4, -0.2) is 19.8 Å². The Labute approximate surface area is 119 Å². The number of hydrogen-bond acceptors (Lipinski definition) is 5. The third-order valence-corrected chi connectivity index (χ3v) is 3.84. The highest BCUT2D eigenvalue weighted by Gasteiger charge is 2.23. The second kappa shape index (κ2) is 4.24. The van der Waals surface area contributed by atoms with Crippen LogP contribution in [0.2, 0.25) is 0 Å². The molecule has 0 aliphatic heterocycles. The predicted molar refractivity (Wildman–Crippen MR) is 77.2 cm³/mol. The van der Waals surface area contributed by atoms with Gasteiger partial charge in [-0.15, -0.1) is 10.2 Å². The highest BCUT2D eigenvalue weighted by molar-refractivity contribution is 7.19. The van der Waals surface area contributed by atoms with Crippen molar-refractivity contribution >= 4 is 22.0 Å². The van der Waals surface area contributed by atoms with Crippen LogP contribution < -0.4 is 5.73 Å². The van der Waals surface area contributed by atoms with Gasteiger partial charge in [-0.2, -0.15) is 9.61 Å². The first-order valence-electron chi connectivity index (χ1n) is 6.14. The van der Waals surface area contributed by atoms with Crippen molar-refractivity contribution in [2.45, 2.75) is 26.2 Å². The maximum atomic E-state index is 13.1. The molecular weight excluding hydrogens is 277 g/mol. The standard InChI is InChI=1S/C13H14FN5S/c1-13(2,3)11-16-17-12-19(11)18-10(20-12)8-5-4-7(14)6-9(8)15/h4-6H,15H2,1-3H3. The Hall–Kier alpha value is -2.02. The summed E-state index contributed by atoms with van der Waals surface area (Å²) in [6.07, 6.45) is 0. The van der Waals surface area contributed by atoms with Crippen molar-refractivity contribution < 1.29 is 4.39 Å². The molecule has 0 unspecified atom stereocenters. The van der Waals surface area contributed by atoms with Crippen LogP contribution in [-0.2, 0) is 5.41 Å². The molecule has 7 heteroatoms. The molecule has 0 atom stereocenters. The van der Waals surface area contributed by atoms with Crippen molar-refractivity contribution in [1.82, 2.24) is 19.8 Å². The van der Waals surface area contributed by atoms with Gasteiger partial charge in [-0.1, -0.05) is 32.1 Å². The largest absolute Gasteiger partial charge is 0.398 e. The van der Waals surface area contributed by atoms with E-state index in [4.69, 9.17) is 5.73 Å². The number of halogens is 1. The lowest BCUT2D eigenvalue weighted by atomic mass is 9.96. The minimum absolute atomic E-state index is 0.154. The van der Waals surface area contributed by atoms with Crippen LogP contribution in [0, 0.1) is 5.82 Å². The fraction of sp³-hybridized carbons (Fsp3) is 0.308. The average molecular weight is 291 g/mol. The van der Waals surface area contributed by atoms with Gasteiger partial charge in [0.1, 0.15) is 10.8 Å². The average Bonchev–Trinajstić information content (AvgIpc) is 2.86. The quantitative estimate of drug-likeness (QED) is 0.700. The van der Waals surface area contributed by atoms with Crippen LogP contribution in [0.25, 0.3) is 15.5 Å². The number of benzene rings is 1. The summed E-state index contributed by atoms with van der Waals surface area (Å²) in [5.74, 6) is 0.431. The summed E-state index contributed by atoms with van der Waals surface area (Å²) < 4.78 is 14.8. The SMILES string of the molecule is CC(C)(C)c1nnc2sc(-c3ccc(F)cc3N)nn12. The molecule has 3 rings (SSSR count). The Kier molecular flexibility index (Phi) is 2.75. The van der Waals surface area contributed by atoms with Crippen LogP contribution in [0.4, 0.5) is 10.1 Å². The lowest BCUT2D eigenvalue weighted by Crippen LogP contribution is -2.16. The van der Waals surface area contributed by atoms with E-state index in [0.29, 0.717) is 21.2 Å². The van der Waals surface area contributed by atoms with Gasteiger partial charge in [-0.3, -0.25) is 0 Å². The van der Waals surface area contributed by atoms with Gasteiger partial charge < -0.3 is 5.73 Å². The molecule has 0 bridgehead atoms. The number of nitrogens with zero attached hydrogens (tertiary/aromatic N) is 4. The maximum Gasteiger partial charge on any atom is 0.235 e. The first-order chi connectivity index (χ1) is 9.36. The smallest absolute Gasteiger partial charge is 0.235 e. The molecule has 0 spiro atoms. The van der Waals surface area contributed by atoms with Crippen molar-refractivity contribution in [2.75, 3.05) is 5.73 Å². The molecule has 3 aromatic rings. The number of nitrogen functional groups attached to an aromatic ring is 1. The van der Waals surface area contributed by atoms with Gasteiger partial charge in [0, 0.05) is 16.7 Å². The number of aromatic nitrogens is 4. The van der Waals surface area contributed by atoms with Crippen molar-refractivity contribution in [2.24, 2.45) is 0 Å². The summed E-state index contributed by atoms with van der Waals surface area (Å²) in [4.78, 5) is 0.702. The highest BCUT2D eigenvalue weighted by Crippen LogP contribution is 2.31. The number of anilines is 1. The van der Waals surface area contributed by atoms with Crippen LogP contribution in [0.15, 0.2) is 18.2 Å². The van der Waals surface area contributed by atoms with Crippen molar-refractivity contribution in [3.63, 3.8) is 0 Å². The fourth-order valence-electron chi connectivity index (χ4n) is 1.92. The van der Waals surface area contributed by atoms with E-state index in [2.05, 4.69) is 36.1 Å². The molecule has 0 amide bonds. The molecule has 2 aromatic heterocycles. The molecular formula is C13H14FN5S. The lowest BCUT2D eigenvalue weighted by Gasteiger charge is -2.13. The van der Waals surface area contributed by atoms with Gasteiger partial charge in [-0.05, 0) is 18.2 Å². The predicted octanol–water partition coefficient (Wildman–Crippen LogP) is 2.87. The van der Waals surface area contributed by atoms with Crippen LogP contribution in [0.3, 0.4) is 0 Å². The topological polar surface area (TPSA) is 69.1 Å². The third-order valence-electron chi connectivity index (χ3n) is 2.91. The van der Waals surface area contributed by atoms with Gasteiger partial charge in [0.25, 0.3) is 0 Å².